The Hall–Kier alpha value is -2.83. The summed E-state index contributed by atoms with van der Waals surface area (Å²) in [5.74, 6) is 0.846. The molecule has 0 saturated heterocycles. The van der Waals surface area contributed by atoms with Crippen molar-refractivity contribution in [2.75, 3.05) is 20.2 Å². The number of carbonyl (C=O) groups excluding carboxylic acids is 2. The smallest absolute Gasteiger partial charge is 0.251 e. The first-order valence-electron chi connectivity index (χ1n) is 9.53. The minimum absolute atomic E-state index is 0.0778. The maximum absolute atomic E-state index is 12.3. The molecule has 2 aromatic rings. The van der Waals surface area contributed by atoms with E-state index in [-0.39, 0.29) is 11.8 Å². The first-order chi connectivity index (χ1) is 13.3. The zero-order valence-electron chi connectivity index (χ0n) is 17.3. The third-order valence-electron chi connectivity index (χ3n) is 4.47. The van der Waals surface area contributed by atoms with Crippen LogP contribution in [0, 0.1) is 19.8 Å². The highest BCUT2D eigenvalue weighted by molar-refractivity contribution is 5.94. The molecule has 0 unspecified atom stereocenters. The van der Waals surface area contributed by atoms with Crippen LogP contribution in [0.4, 0.5) is 0 Å². The van der Waals surface area contributed by atoms with Gasteiger partial charge >= 0.3 is 0 Å². The van der Waals surface area contributed by atoms with E-state index < -0.39 is 0 Å². The van der Waals surface area contributed by atoms with E-state index in [1.807, 2.05) is 18.5 Å². The summed E-state index contributed by atoms with van der Waals surface area (Å²) >= 11 is 0. The number of ether oxygens (including phenoxy) is 1. The standard InChI is InChI=1S/C21H30N4O3/c1-14(2)13-25-16(4)19(15(3)24-25)12-20(26)22-9-10-23-21(27)17-7-6-8-18(11-17)28-5/h6-8,11,14H,9-10,12-13H2,1-5H3,(H,22,26)(H,23,27). The number of carbonyl (C=O) groups is 2. The van der Waals surface area contributed by atoms with Crippen LogP contribution in [0.5, 0.6) is 5.75 Å². The van der Waals surface area contributed by atoms with Gasteiger partial charge in [-0.05, 0) is 38.0 Å². The summed E-state index contributed by atoms with van der Waals surface area (Å²) in [5, 5.41) is 10.2. The number of benzene rings is 1. The number of amides is 2. The Morgan fingerprint density at radius 1 is 1.18 bits per heavy atom. The molecule has 2 N–H and O–H groups in total. The van der Waals surface area contributed by atoms with E-state index in [9.17, 15) is 9.59 Å². The lowest BCUT2D eigenvalue weighted by atomic mass is 10.1. The van der Waals surface area contributed by atoms with Crippen molar-refractivity contribution < 1.29 is 14.3 Å². The summed E-state index contributed by atoms with van der Waals surface area (Å²) in [6.07, 6.45) is 0.291. The lowest BCUT2D eigenvalue weighted by molar-refractivity contribution is -0.120. The van der Waals surface area contributed by atoms with Gasteiger partial charge in [-0.3, -0.25) is 14.3 Å². The average Bonchev–Trinajstić information content (AvgIpc) is 2.91. The molecule has 1 heterocycles. The van der Waals surface area contributed by atoms with Crippen molar-refractivity contribution in [3.8, 4) is 5.75 Å². The number of rotatable bonds is 9. The molecular formula is C21H30N4O3. The molecule has 0 aliphatic heterocycles. The zero-order valence-corrected chi connectivity index (χ0v) is 17.3. The van der Waals surface area contributed by atoms with Crippen molar-refractivity contribution in [3.05, 3.63) is 46.8 Å². The molecule has 152 valence electrons. The second-order valence-corrected chi connectivity index (χ2v) is 7.24. The average molecular weight is 386 g/mol. The van der Waals surface area contributed by atoms with Crippen molar-refractivity contribution in [2.24, 2.45) is 5.92 Å². The highest BCUT2D eigenvalue weighted by atomic mass is 16.5. The Kier molecular flexibility index (Phi) is 7.61. The van der Waals surface area contributed by atoms with E-state index in [0.29, 0.717) is 36.7 Å². The number of nitrogens with zero attached hydrogens (tertiary/aromatic N) is 2. The molecule has 0 saturated carbocycles. The van der Waals surface area contributed by atoms with Crippen LogP contribution < -0.4 is 15.4 Å². The van der Waals surface area contributed by atoms with Gasteiger partial charge in [-0.1, -0.05) is 19.9 Å². The monoisotopic (exact) mass is 386 g/mol. The summed E-state index contributed by atoms with van der Waals surface area (Å²) in [4.78, 5) is 24.4. The Morgan fingerprint density at radius 2 is 1.89 bits per heavy atom. The van der Waals surface area contributed by atoms with Crippen LogP contribution in [0.3, 0.4) is 0 Å². The minimum Gasteiger partial charge on any atom is -0.497 e. The van der Waals surface area contributed by atoms with Gasteiger partial charge in [-0.15, -0.1) is 0 Å². The molecule has 0 bridgehead atoms. The van der Waals surface area contributed by atoms with Crippen LogP contribution >= 0.6 is 0 Å². The number of aromatic nitrogens is 2. The summed E-state index contributed by atoms with van der Waals surface area (Å²) in [6.45, 7) is 9.77. The number of methoxy groups -OCH3 is 1. The lowest BCUT2D eigenvalue weighted by Crippen LogP contribution is -2.35. The van der Waals surface area contributed by atoms with Gasteiger partial charge in [0.25, 0.3) is 5.91 Å². The fourth-order valence-corrected chi connectivity index (χ4v) is 2.98. The molecular weight excluding hydrogens is 356 g/mol. The molecule has 28 heavy (non-hydrogen) atoms. The van der Waals surface area contributed by atoms with Crippen LogP contribution in [0.15, 0.2) is 24.3 Å². The molecule has 0 spiro atoms. The summed E-state index contributed by atoms with van der Waals surface area (Å²) in [7, 11) is 1.56. The van der Waals surface area contributed by atoms with Crippen molar-refractivity contribution in [3.63, 3.8) is 0 Å². The van der Waals surface area contributed by atoms with Crippen molar-refractivity contribution in [1.82, 2.24) is 20.4 Å². The van der Waals surface area contributed by atoms with Crippen molar-refractivity contribution in [1.29, 1.82) is 0 Å². The molecule has 0 aliphatic carbocycles. The maximum atomic E-state index is 12.3. The summed E-state index contributed by atoms with van der Waals surface area (Å²) in [5.41, 5.74) is 3.42. The highest BCUT2D eigenvalue weighted by Crippen LogP contribution is 2.15. The number of hydrogen-bond donors (Lipinski definition) is 2. The molecule has 1 aromatic heterocycles. The second-order valence-electron chi connectivity index (χ2n) is 7.24. The van der Waals surface area contributed by atoms with Gasteiger partial charge in [0.2, 0.25) is 5.91 Å². The van der Waals surface area contributed by atoms with Crippen molar-refractivity contribution in [2.45, 2.75) is 40.7 Å². The minimum atomic E-state index is -0.199. The summed E-state index contributed by atoms with van der Waals surface area (Å²) < 4.78 is 7.09. The van der Waals surface area contributed by atoms with E-state index in [2.05, 4.69) is 29.6 Å². The van der Waals surface area contributed by atoms with Gasteiger partial charge in [-0.2, -0.15) is 5.10 Å². The first-order valence-corrected chi connectivity index (χ1v) is 9.53. The van der Waals surface area contributed by atoms with Crippen LogP contribution in [0.2, 0.25) is 0 Å². The Morgan fingerprint density at radius 3 is 2.57 bits per heavy atom. The van der Waals surface area contributed by atoms with Crippen LogP contribution in [-0.2, 0) is 17.8 Å². The topological polar surface area (TPSA) is 85.2 Å². The third-order valence-corrected chi connectivity index (χ3v) is 4.47. The fraction of sp³-hybridized carbons (Fsp3) is 0.476. The Labute approximate surface area is 166 Å². The van der Waals surface area contributed by atoms with Crippen molar-refractivity contribution >= 4 is 11.8 Å². The van der Waals surface area contributed by atoms with Gasteiger partial charge < -0.3 is 15.4 Å². The van der Waals surface area contributed by atoms with Gasteiger partial charge in [-0.25, -0.2) is 0 Å². The van der Waals surface area contributed by atoms with E-state index in [1.54, 1.807) is 31.4 Å². The maximum Gasteiger partial charge on any atom is 0.251 e. The van der Waals surface area contributed by atoms with Gasteiger partial charge in [0.1, 0.15) is 5.75 Å². The van der Waals surface area contributed by atoms with E-state index in [4.69, 9.17) is 4.74 Å². The quantitative estimate of drug-likeness (QED) is 0.648. The van der Waals surface area contributed by atoms with Gasteiger partial charge in [0.15, 0.2) is 0 Å². The molecule has 0 aliphatic rings. The molecule has 0 atom stereocenters. The largest absolute Gasteiger partial charge is 0.497 e. The normalized spacial score (nSPS) is 10.8. The lowest BCUT2D eigenvalue weighted by Gasteiger charge is -2.09. The Bertz CT molecular complexity index is 827. The van der Waals surface area contributed by atoms with Crippen LogP contribution in [0.1, 0.15) is 41.2 Å². The third kappa shape index (κ3) is 5.84. The zero-order chi connectivity index (χ0) is 20.7. The van der Waals surface area contributed by atoms with E-state index in [1.165, 1.54) is 0 Å². The molecule has 7 heteroatoms. The number of nitrogens with one attached hydrogen (secondary N) is 2. The molecule has 1 aromatic carbocycles. The molecule has 0 fully saturated rings. The molecule has 0 radical (unpaired) electrons. The summed E-state index contributed by atoms with van der Waals surface area (Å²) in [6, 6.07) is 6.94. The van der Waals surface area contributed by atoms with Crippen LogP contribution in [-0.4, -0.2) is 41.8 Å². The predicted molar refractivity (Wildman–Crippen MR) is 109 cm³/mol. The molecule has 2 rings (SSSR count). The van der Waals surface area contributed by atoms with E-state index >= 15 is 0 Å². The Balaban J connectivity index is 1.80. The SMILES string of the molecule is COc1cccc(C(=O)NCCNC(=O)Cc2c(C)nn(CC(C)C)c2C)c1. The van der Waals surface area contributed by atoms with Gasteiger partial charge in [0, 0.05) is 36.5 Å². The van der Waals surface area contributed by atoms with Crippen LogP contribution in [0.25, 0.3) is 0 Å². The fourth-order valence-electron chi connectivity index (χ4n) is 2.98. The predicted octanol–water partition coefficient (Wildman–Crippen LogP) is 2.25. The first kappa shape index (κ1) is 21.5. The number of aryl methyl sites for hydroxylation is 1. The number of hydrogen-bond acceptors (Lipinski definition) is 4. The van der Waals surface area contributed by atoms with E-state index in [0.717, 1.165) is 23.5 Å². The van der Waals surface area contributed by atoms with Gasteiger partial charge in [0.05, 0.1) is 19.2 Å². The highest BCUT2D eigenvalue weighted by Gasteiger charge is 2.15. The second kappa shape index (κ2) is 9.92. The molecule has 7 nitrogen and oxygen atoms in total. The molecule has 2 amide bonds.